The normalized spacial score (nSPS) is 9.94. The van der Waals surface area contributed by atoms with E-state index in [-0.39, 0.29) is 5.91 Å². The highest BCUT2D eigenvalue weighted by molar-refractivity contribution is 9.11. The van der Waals surface area contributed by atoms with Gasteiger partial charge in [-0.1, -0.05) is 0 Å². The molecule has 0 spiro atoms. The Morgan fingerprint density at radius 2 is 2.00 bits per heavy atom. The van der Waals surface area contributed by atoms with Crippen LogP contribution in [0.25, 0.3) is 0 Å². The Hall–Kier alpha value is -0.750. The molecule has 3 N–H and O–H groups in total. The molecule has 1 amide bonds. The minimum atomic E-state index is -0.0531. The number of anilines is 1. The quantitative estimate of drug-likeness (QED) is 0.818. The average molecular weight is 352 g/mol. The van der Waals surface area contributed by atoms with Crippen LogP contribution >= 0.6 is 31.9 Å². The van der Waals surface area contributed by atoms with Crippen molar-refractivity contribution in [1.82, 2.24) is 5.32 Å². The first-order chi connectivity index (χ1) is 7.54. The van der Waals surface area contributed by atoms with Gasteiger partial charge in [-0.05, 0) is 44.0 Å². The van der Waals surface area contributed by atoms with E-state index in [2.05, 4.69) is 37.2 Å². The van der Waals surface area contributed by atoms with Gasteiger partial charge in [-0.2, -0.15) is 0 Å². The summed E-state index contributed by atoms with van der Waals surface area (Å²) < 4.78 is 7.01. The number of amides is 1. The van der Waals surface area contributed by atoms with Gasteiger partial charge in [-0.15, -0.1) is 0 Å². The van der Waals surface area contributed by atoms with Gasteiger partial charge < -0.3 is 15.8 Å². The predicted octanol–water partition coefficient (Wildman–Crippen LogP) is 2.31. The van der Waals surface area contributed by atoms with Crippen molar-refractivity contribution in [3.63, 3.8) is 0 Å². The van der Waals surface area contributed by atoms with Crippen LogP contribution in [0, 0.1) is 0 Å². The Morgan fingerprint density at radius 3 is 2.50 bits per heavy atom. The lowest BCUT2D eigenvalue weighted by molar-refractivity contribution is -0.121. The fourth-order valence-electron chi connectivity index (χ4n) is 1.09. The van der Waals surface area contributed by atoms with Crippen LogP contribution in [0.2, 0.25) is 0 Å². The lowest BCUT2D eigenvalue weighted by Gasteiger charge is -2.10. The monoisotopic (exact) mass is 350 g/mol. The van der Waals surface area contributed by atoms with Crippen LogP contribution in [0.5, 0.6) is 5.75 Å². The standard InChI is InChI=1S/C10H12Br2N2O2/c1-14-9(15)2-3-16-10-7(11)4-6(13)5-8(10)12/h4-5H,2-3,13H2,1H3,(H,14,15). The van der Waals surface area contributed by atoms with Gasteiger partial charge in [0.1, 0.15) is 5.75 Å². The lowest BCUT2D eigenvalue weighted by atomic mass is 10.3. The van der Waals surface area contributed by atoms with Gasteiger partial charge >= 0.3 is 0 Å². The summed E-state index contributed by atoms with van der Waals surface area (Å²) in [6, 6.07) is 3.50. The van der Waals surface area contributed by atoms with Crippen molar-refractivity contribution in [1.29, 1.82) is 0 Å². The number of nitrogens with one attached hydrogen (secondary N) is 1. The summed E-state index contributed by atoms with van der Waals surface area (Å²) in [7, 11) is 1.59. The number of halogens is 2. The smallest absolute Gasteiger partial charge is 0.223 e. The van der Waals surface area contributed by atoms with Crippen LogP contribution in [-0.2, 0) is 4.79 Å². The fraction of sp³-hybridized carbons (Fsp3) is 0.300. The van der Waals surface area contributed by atoms with Gasteiger partial charge in [0.05, 0.1) is 22.0 Å². The van der Waals surface area contributed by atoms with Crippen LogP contribution in [-0.4, -0.2) is 19.6 Å². The molecule has 0 aliphatic rings. The Balaban J connectivity index is 2.64. The topological polar surface area (TPSA) is 64.3 Å². The molecule has 0 radical (unpaired) electrons. The molecule has 6 heteroatoms. The second kappa shape index (κ2) is 6.10. The number of hydrogen-bond donors (Lipinski definition) is 2. The van der Waals surface area contributed by atoms with E-state index in [1.54, 1.807) is 19.2 Å². The third-order valence-electron chi connectivity index (χ3n) is 1.87. The molecule has 1 aromatic rings. The number of carbonyl (C=O) groups is 1. The van der Waals surface area contributed by atoms with Crippen molar-refractivity contribution in [3.8, 4) is 5.75 Å². The molecule has 0 unspecified atom stereocenters. The SMILES string of the molecule is CNC(=O)CCOc1c(Br)cc(N)cc1Br. The fourth-order valence-corrected chi connectivity index (χ4v) is 2.54. The Kier molecular flexibility index (Phi) is 5.08. The van der Waals surface area contributed by atoms with Crippen LogP contribution in [0.3, 0.4) is 0 Å². The number of ether oxygens (including phenoxy) is 1. The number of carbonyl (C=O) groups excluding carboxylic acids is 1. The lowest BCUT2D eigenvalue weighted by Crippen LogP contribution is -2.20. The summed E-state index contributed by atoms with van der Waals surface area (Å²) in [6.07, 6.45) is 0.319. The Bertz CT molecular complexity index is 373. The van der Waals surface area contributed by atoms with Crippen LogP contribution in [0.1, 0.15) is 6.42 Å². The first-order valence-corrected chi connectivity index (χ1v) is 6.21. The van der Waals surface area contributed by atoms with E-state index in [9.17, 15) is 4.79 Å². The number of hydrogen-bond acceptors (Lipinski definition) is 3. The highest BCUT2D eigenvalue weighted by Crippen LogP contribution is 2.35. The molecule has 0 aliphatic carbocycles. The average Bonchev–Trinajstić information content (AvgIpc) is 2.21. The third kappa shape index (κ3) is 3.68. The Labute approximate surface area is 111 Å². The van der Waals surface area contributed by atoms with Gasteiger partial charge in [0.2, 0.25) is 5.91 Å². The van der Waals surface area contributed by atoms with Gasteiger partial charge in [-0.3, -0.25) is 4.79 Å². The molecule has 0 saturated heterocycles. The molecule has 0 aliphatic heterocycles. The molecule has 0 heterocycles. The van der Waals surface area contributed by atoms with Crippen LogP contribution in [0.4, 0.5) is 5.69 Å². The van der Waals surface area contributed by atoms with Gasteiger partial charge in [0, 0.05) is 12.7 Å². The molecule has 0 saturated carbocycles. The maximum absolute atomic E-state index is 11.0. The largest absolute Gasteiger partial charge is 0.491 e. The van der Waals surface area contributed by atoms with Gasteiger partial charge in [0.15, 0.2) is 0 Å². The highest BCUT2D eigenvalue weighted by atomic mass is 79.9. The van der Waals surface area contributed by atoms with E-state index in [0.717, 1.165) is 8.95 Å². The molecule has 0 atom stereocenters. The van der Waals surface area contributed by atoms with E-state index in [1.807, 2.05) is 0 Å². The zero-order chi connectivity index (χ0) is 12.1. The molecule has 1 rings (SSSR count). The maximum atomic E-state index is 11.0. The highest BCUT2D eigenvalue weighted by Gasteiger charge is 2.08. The summed E-state index contributed by atoms with van der Waals surface area (Å²) in [4.78, 5) is 11.0. The molecule has 0 aromatic heterocycles. The van der Waals surface area contributed by atoms with Crippen molar-refractivity contribution >= 4 is 43.5 Å². The van der Waals surface area contributed by atoms with Crippen molar-refractivity contribution < 1.29 is 9.53 Å². The van der Waals surface area contributed by atoms with Gasteiger partial charge in [-0.25, -0.2) is 0 Å². The minimum Gasteiger partial charge on any atom is -0.491 e. The molecular weight excluding hydrogens is 340 g/mol. The van der Waals surface area contributed by atoms with E-state index >= 15 is 0 Å². The number of nitrogens with two attached hydrogens (primary N) is 1. The summed E-state index contributed by atoms with van der Waals surface area (Å²) in [5.41, 5.74) is 6.28. The molecule has 16 heavy (non-hydrogen) atoms. The van der Waals surface area contributed by atoms with Crippen LogP contribution < -0.4 is 15.8 Å². The molecule has 4 nitrogen and oxygen atoms in total. The number of benzene rings is 1. The van der Waals surface area contributed by atoms with Gasteiger partial charge in [0.25, 0.3) is 0 Å². The first kappa shape index (κ1) is 13.3. The molecule has 1 aromatic carbocycles. The van der Waals surface area contributed by atoms with E-state index in [1.165, 1.54) is 0 Å². The predicted molar refractivity (Wildman–Crippen MR) is 70.4 cm³/mol. The summed E-state index contributed by atoms with van der Waals surface area (Å²) in [5.74, 6) is 0.598. The maximum Gasteiger partial charge on any atom is 0.223 e. The molecular formula is C10H12Br2N2O2. The third-order valence-corrected chi connectivity index (χ3v) is 3.05. The first-order valence-electron chi connectivity index (χ1n) is 4.62. The van der Waals surface area contributed by atoms with Crippen molar-refractivity contribution in [3.05, 3.63) is 21.1 Å². The van der Waals surface area contributed by atoms with Crippen molar-refractivity contribution in [2.75, 3.05) is 19.4 Å². The summed E-state index contributed by atoms with van der Waals surface area (Å²) in [5, 5.41) is 2.53. The molecule has 88 valence electrons. The number of rotatable bonds is 4. The molecule has 0 bridgehead atoms. The number of nitrogen functional groups attached to an aromatic ring is 1. The molecule has 0 fully saturated rings. The summed E-state index contributed by atoms with van der Waals surface area (Å²) >= 11 is 6.69. The second-order valence-corrected chi connectivity index (χ2v) is 4.79. The minimum absolute atomic E-state index is 0.0531. The van der Waals surface area contributed by atoms with E-state index < -0.39 is 0 Å². The zero-order valence-corrected chi connectivity index (χ0v) is 11.9. The van der Waals surface area contributed by atoms with E-state index in [4.69, 9.17) is 10.5 Å². The Morgan fingerprint density at radius 1 is 1.44 bits per heavy atom. The van der Waals surface area contributed by atoms with Crippen molar-refractivity contribution in [2.45, 2.75) is 6.42 Å². The zero-order valence-electron chi connectivity index (χ0n) is 8.72. The second-order valence-electron chi connectivity index (χ2n) is 3.09. The van der Waals surface area contributed by atoms with Crippen LogP contribution in [0.15, 0.2) is 21.1 Å². The van der Waals surface area contributed by atoms with E-state index in [0.29, 0.717) is 24.5 Å². The van der Waals surface area contributed by atoms with Crippen molar-refractivity contribution in [2.24, 2.45) is 0 Å². The summed E-state index contributed by atoms with van der Waals surface area (Å²) in [6.45, 7) is 0.320.